The Bertz CT molecular complexity index is 1510. The predicted molar refractivity (Wildman–Crippen MR) is 153 cm³/mol. The van der Waals surface area contributed by atoms with Crippen molar-refractivity contribution >= 4 is 34.9 Å². The lowest BCUT2D eigenvalue weighted by atomic mass is 10.0. The molecular formula is C30H28ClN3O2S. The van der Waals surface area contributed by atoms with E-state index in [9.17, 15) is 9.59 Å². The summed E-state index contributed by atoms with van der Waals surface area (Å²) < 4.78 is 1.66. The maximum atomic E-state index is 14.1. The Hall–Kier alpha value is -3.48. The third-order valence-corrected chi connectivity index (χ3v) is 7.55. The Morgan fingerprint density at radius 1 is 1.00 bits per heavy atom. The number of nitrogens with zero attached hydrogens (tertiary/aromatic N) is 3. The highest BCUT2D eigenvalue weighted by Gasteiger charge is 2.26. The van der Waals surface area contributed by atoms with Gasteiger partial charge in [0, 0.05) is 34.7 Å². The summed E-state index contributed by atoms with van der Waals surface area (Å²) in [7, 11) is 0. The van der Waals surface area contributed by atoms with Gasteiger partial charge < -0.3 is 4.90 Å². The highest BCUT2D eigenvalue weighted by atomic mass is 35.5. The van der Waals surface area contributed by atoms with Gasteiger partial charge in [0.25, 0.3) is 11.5 Å². The van der Waals surface area contributed by atoms with Gasteiger partial charge in [-0.25, -0.2) is 4.98 Å². The number of pyridine rings is 1. The fourth-order valence-corrected chi connectivity index (χ4v) is 5.58. The lowest BCUT2D eigenvalue weighted by Crippen LogP contribution is -2.37. The summed E-state index contributed by atoms with van der Waals surface area (Å²) in [6.07, 6.45) is 5.04. The number of aromatic nitrogens is 2. The molecule has 3 heterocycles. The summed E-state index contributed by atoms with van der Waals surface area (Å²) in [5.41, 5.74) is 4.73. The van der Waals surface area contributed by atoms with Gasteiger partial charge >= 0.3 is 0 Å². The van der Waals surface area contributed by atoms with E-state index in [1.165, 1.54) is 11.3 Å². The van der Waals surface area contributed by atoms with E-state index in [4.69, 9.17) is 16.6 Å². The molecule has 1 saturated heterocycles. The molecule has 2 aromatic heterocycles. The number of hydrogen-bond acceptors (Lipinski definition) is 4. The molecule has 0 saturated carbocycles. The van der Waals surface area contributed by atoms with Gasteiger partial charge in [-0.3, -0.25) is 14.2 Å². The SMILES string of the molecule is CC(C)=Cc1c(C(=O)N2CCCCC2)cc(-c2nc(-c3ccc(Cl)cc3)cs2)c(=O)n1-c1ccccc1. The molecule has 0 aliphatic carbocycles. The molecule has 0 unspecified atom stereocenters. The second-order valence-electron chi connectivity index (χ2n) is 9.45. The van der Waals surface area contributed by atoms with E-state index < -0.39 is 0 Å². The van der Waals surface area contributed by atoms with Crippen LogP contribution in [0.4, 0.5) is 0 Å². The average Bonchev–Trinajstić information content (AvgIpc) is 3.40. The number of carbonyl (C=O) groups is 1. The molecule has 4 aromatic rings. The second-order valence-corrected chi connectivity index (χ2v) is 10.7. The third-order valence-electron chi connectivity index (χ3n) is 6.43. The van der Waals surface area contributed by atoms with Gasteiger partial charge in [-0.05, 0) is 69.5 Å². The van der Waals surface area contributed by atoms with Crippen molar-refractivity contribution in [1.29, 1.82) is 0 Å². The van der Waals surface area contributed by atoms with Gasteiger partial charge in [0.15, 0.2) is 0 Å². The fourth-order valence-electron chi connectivity index (χ4n) is 4.62. The Balaban J connectivity index is 1.73. The van der Waals surface area contributed by atoms with E-state index in [0.29, 0.717) is 32.5 Å². The van der Waals surface area contributed by atoms with E-state index in [1.54, 1.807) is 10.6 Å². The van der Waals surface area contributed by atoms with Crippen LogP contribution in [0.25, 0.3) is 33.6 Å². The molecule has 1 amide bonds. The smallest absolute Gasteiger partial charge is 0.265 e. The Kier molecular flexibility index (Phi) is 7.40. The summed E-state index contributed by atoms with van der Waals surface area (Å²) in [6, 6.07) is 18.7. The largest absolute Gasteiger partial charge is 0.339 e. The van der Waals surface area contributed by atoms with E-state index in [0.717, 1.165) is 49.2 Å². The van der Waals surface area contributed by atoms with Gasteiger partial charge in [0.2, 0.25) is 0 Å². The summed E-state index contributed by atoms with van der Waals surface area (Å²) in [6.45, 7) is 5.40. The lowest BCUT2D eigenvalue weighted by Gasteiger charge is -2.28. The number of thiazole rings is 1. The first-order valence-corrected chi connectivity index (χ1v) is 13.7. The number of rotatable bonds is 5. The van der Waals surface area contributed by atoms with Crippen molar-refractivity contribution in [3.63, 3.8) is 0 Å². The molecule has 0 spiro atoms. The minimum absolute atomic E-state index is 0.0485. The Labute approximate surface area is 225 Å². The number of carbonyl (C=O) groups excluding carboxylic acids is 1. The van der Waals surface area contributed by atoms with Crippen LogP contribution in [-0.2, 0) is 0 Å². The van der Waals surface area contributed by atoms with Gasteiger partial charge in [-0.15, -0.1) is 11.3 Å². The van der Waals surface area contributed by atoms with Crippen LogP contribution in [0.5, 0.6) is 0 Å². The van der Waals surface area contributed by atoms with Crippen LogP contribution in [0.1, 0.15) is 49.2 Å². The van der Waals surface area contributed by atoms with Crippen LogP contribution >= 0.6 is 22.9 Å². The summed E-state index contributed by atoms with van der Waals surface area (Å²) in [4.78, 5) is 34.7. The lowest BCUT2D eigenvalue weighted by molar-refractivity contribution is 0.0723. The minimum Gasteiger partial charge on any atom is -0.339 e. The standard InChI is InChI=1S/C30H28ClN3O2S/c1-20(2)17-27-24(29(35)33-15-7-4-8-16-33)18-25(30(36)34(27)23-9-5-3-6-10-23)28-32-26(19-37-28)21-11-13-22(31)14-12-21/h3,5-6,9-14,17-19H,4,7-8,15-16H2,1-2H3. The topological polar surface area (TPSA) is 55.2 Å². The van der Waals surface area contributed by atoms with Crippen molar-refractivity contribution < 1.29 is 4.79 Å². The molecule has 37 heavy (non-hydrogen) atoms. The highest BCUT2D eigenvalue weighted by molar-refractivity contribution is 7.13. The van der Waals surface area contributed by atoms with E-state index in [-0.39, 0.29) is 11.5 Å². The number of allylic oxidation sites excluding steroid dienone is 1. The van der Waals surface area contributed by atoms with E-state index in [2.05, 4.69) is 0 Å². The second kappa shape index (κ2) is 10.9. The van der Waals surface area contributed by atoms with E-state index >= 15 is 0 Å². The summed E-state index contributed by atoms with van der Waals surface area (Å²) in [5, 5.41) is 3.16. The van der Waals surface area contributed by atoms with Crippen molar-refractivity contribution in [2.24, 2.45) is 0 Å². The van der Waals surface area contributed by atoms with Gasteiger partial charge in [-0.1, -0.05) is 47.5 Å². The fraction of sp³-hybridized carbons (Fsp3) is 0.233. The molecule has 0 atom stereocenters. The number of likely N-dealkylation sites (tertiary alicyclic amines) is 1. The molecule has 0 N–H and O–H groups in total. The van der Waals surface area contributed by atoms with Crippen molar-refractivity contribution in [2.75, 3.05) is 13.1 Å². The number of para-hydroxylation sites is 1. The van der Waals surface area contributed by atoms with Gasteiger partial charge in [0.05, 0.1) is 22.5 Å². The molecule has 188 valence electrons. The molecular weight excluding hydrogens is 502 g/mol. The third kappa shape index (κ3) is 5.31. The van der Waals surface area contributed by atoms with Crippen molar-refractivity contribution in [3.05, 3.63) is 98.3 Å². The highest BCUT2D eigenvalue weighted by Crippen LogP contribution is 2.31. The van der Waals surface area contributed by atoms with Crippen LogP contribution < -0.4 is 5.56 Å². The molecule has 5 nitrogen and oxygen atoms in total. The summed E-state index contributed by atoms with van der Waals surface area (Å²) >= 11 is 7.45. The maximum Gasteiger partial charge on any atom is 0.265 e. The Morgan fingerprint density at radius 2 is 1.70 bits per heavy atom. The van der Waals surface area contributed by atoms with Crippen LogP contribution in [0.3, 0.4) is 0 Å². The molecule has 1 aliphatic rings. The molecule has 7 heteroatoms. The van der Waals surface area contributed by atoms with Crippen LogP contribution in [0, 0.1) is 0 Å². The number of amides is 1. The van der Waals surface area contributed by atoms with Crippen LogP contribution in [0.15, 0.2) is 76.4 Å². The number of piperidine rings is 1. The average molecular weight is 530 g/mol. The van der Waals surface area contributed by atoms with Crippen molar-refractivity contribution in [3.8, 4) is 27.5 Å². The predicted octanol–water partition coefficient (Wildman–Crippen LogP) is 7.33. The molecule has 0 bridgehead atoms. The summed E-state index contributed by atoms with van der Waals surface area (Å²) in [5.74, 6) is -0.0485. The molecule has 1 fully saturated rings. The van der Waals surface area contributed by atoms with Crippen LogP contribution in [0.2, 0.25) is 5.02 Å². The maximum absolute atomic E-state index is 14.1. The normalized spacial score (nSPS) is 13.4. The van der Waals surface area contributed by atoms with Crippen LogP contribution in [-0.4, -0.2) is 33.4 Å². The minimum atomic E-state index is -0.203. The number of benzene rings is 2. The zero-order valence-corrected chi connectivity index (χ0v) is 22.5. The molecule has 1 aliphatic heterocycles. The van der Waals surface area contributed by atoms with Crippen molar-refractivity contribution in [2.45, 2.75) is 33.1 Å². The Morgan fingerprint density at radius 3 is 2.38 bits per heavy atom. The molecule has 0 radical (unpaired) electrons. The van der Waals surface area contributed by atoms with Gasteiger partial charge in [0.1, 0.15) is 5.01 Å². The zero-order chi connectivity index (χ0) is 25.9. The first-order valence-electron chi connectivity index (χ1n) is 12.4. The van der Waals surface area contributed by atoms with E-state index in [1.807, 2.05) is 84.8 Å². The molecule has 2 aromatic carbocycles. The number of halogens is 1. The quantitative estimate of drug-likeness (QED) is 0.272. The number of hydrogen-bond donors (Lipinski definition) is 0. The first-order chi connectivity index (χ1) is 17.9. The first kappa shape index (κ1) is 25.2. The monoisotopic (exact) mass is 529 g/mol. The zero-order valence-electron chi connectivity index (χ0n) is 20.9. The van der Waals surface area contributed by atoms with Gasteiger partial charge in [-0.2, -0.15) is 0 Å². The van der Waals surface area contributed by atoms with Crippen molar-refractivity contribution in [1.82, 2.24) is 14.5 Å². The molecule has 5 rings (SSSR count).